The highest BCUT2D eigenvalue weighted by Crippen LogP contribution is 2.20. The highest BCUT2D eigenvalue weighted by atomic mass is 16.5. The van der Waals surface area contributed by atoms with Gasteiger partial charge in [-0.25, -0.2) is 0 Å². The third kappa shape index (κ3) is 2.78. The number of nitriles is 1. The second-order valence-corrected chi connectivity index (χ2v) is 3.81. The number of nitrogens with zero attached hydrogens (tertiary/aromatic N) is 1. The molecular formula is C16H13NO. The van der Waals surface area contributed by atoms with Crippen LogP contribution in [0.2, 0.25) is 0 Å². The molecule has 18 heavy (non-hydrogen) atoms. The van der Waals surface area contributed by atoms with E-state index in [-0.39, 0.29) is 0 Å². The van der Waals surface area contributed by atoms with Gasteiger partial charge in [-0.1, -0.05) is 42.5 Å². The van der Waals surface area contributed by atoms with Crippen molar-refractivity contribution >= 4 is 12.2 Å². The summed E-state index contributed by atoms with van der Waals surface area (Å²) < 4.78 is 5.28. The van der Waals surface area contributed by atoms with Crippen molar-refractivity contribution in [2.45, 2.75) is 0 Å². The maximum Gasteiger partial charge on any atom is 0.126 e. The Kier molecular flexibility index (Phi) is 3.78. The summed E-state index contributed by atoms with van der Waals surface area (Å²) >= 11 is 0. The summed E-state index contributed by atoms with van der Waals surface area (Å²) in [7, 11) is 1.66. The van der Waals surface area contributed by atoms with Crippen molar-refractivity contribution in [2.75, 3.05) is 7.11 Å². The Labute approximate surface area is 107 Å². The minimum atomic E-state index is 0.671. The Bertz CT molecular complexity index is 591. The van der Waals surface area contributed by atoms with Crippen LogP contribution in [0.1, 0.15) is 16.7 Å². The molecule has 2 aromatic carbocycles. The first-order valence-electron chi connectivity index (χ1n) is 5.65. The number of rotatable bonds is 3. The zero-order chi connectivity index (χ0) is 12.8. The molecule has 0 saturated heterocycles. The van der Waals surface area contributed by atoms with Gasteiger partial charge in [0.2, 0.25) is 0 Å². The Balaban J connectivity index is 2.22. The van der Waals surface area contributed by atoms with Gasteiger partial charge in [-0.3, -0.25) is 0 Å². The van der Waals surface area contributed by atoms with E-state index < -0.39 is 0 Å². The molecule has 0 aliphatic heterocycles. The Hall–Kier alpha value is -2.53. The van der Waals surface area contributed by atoms with Crippen LogP contribution in [-0.2, 0) is 0 Å². The Morgan fingerprint density at radius 1 is 1.00 bits per heavy atom. The zero-order valence-electron chi connectivity index (χ0n) is 10.1. The average molecular weight is 235 g/mol. The van der Waals surface area contributed by atoms with Crippen LogP contribution in [0.4, 0.5) is 0 Å². The normalized spacial score (nSPS) is 10.2. The SMILES string of the molecule is COc1ccccc1C=Cc1ccc(C#N)cc1. The second kappa shape index (κ2) is 5.70. The van der Waals surface area contributed by atoms with Crippen LogP contribution < -0.4 is 4.74 Å². The molecule has 0 amide bonds. The molecule has 0 saturated carbocycles. The molecule has 0 aliphatic carbocycles. The van der Waals surface area contributed by atoms with Gasteiger partial charge in [0.15, 0.2) is 0 Å². The molecular weight excluding hydrogens is 222 g/mol. The van der Waals surface area contributed by atoms with E-state index in [1.807, 2.05) is 60.7 Å². The third-order valence-corrected chi connectivity index (χ3v) is 2.63. The predicted octanol–water partition coefficient (Wildman–Crippen LogP) is 3.74. The van der Waals surface area contributed by atoms with Crippen LogP contribution in [0.3, 0.4) is 0 Å². The van der Waals surface area contributed by atoms with Gasteiger partial charge in [-0.2, -0.15) is 5.26 Å². The molecule has 0 N–H and O–H groups in total. The van der Waals surface area contributed by atoms with Crippen molar-refractivity contribution in [1.29, 1.82) is 5.26 Å². The molecule has 2 aromatic rings. The molecule has 2 heteroatoms. The largest absolute Gasteiger partial charge is 0.496 e. The van der Waals surface area contributed by atoms with E-state index in [0.29, 0.717) is 5.56 Å². The topological polar surface area (TPSA) is 33.0 Å². The Morgan fingerprint density at radius 3 is 2.39 bits per heavy atom. The first-order chi connectivity index (χ1) is 8.83. The number of ether oxygens (including phenoxy) is 1. The van der Waals surface area contributed by atoms with E-state index >= 15 is 0 Å². The fraction of sp³-hybridized carbons (Fsp3) is 0.0625. The number of methoxy groups -OCH3 is 1. The first-order valence-corrected chi connectivity index (χ1v) is 5.65. The highest BCUT2D eigenvalue weighted by molar-refractivity contribution is 5.72. The minimum absolute atomic E-state index is 0.671. The van der Waals surface area contributed by atoms with Crippen LogP contribution in [0, 0.1) is 11.3 Å². The fourth-order valence-electron chi connectivity index (χ4n) is 1.66. The lowest BCUT2D eigenvalue weighted by Crippen LogP contribution is -1.85. The van der Waals surface area contributed by atoms with Crippen molar-refractivity contribution in [3.05, 3.63) is 65.2 Å². The number of hydrogen-bond acceptors (Lipinski definition) is 2. The van der Waals surface area contributed by atoms with Crippen LogP contribution in [0.15, 0.2) is 48.5 Å². The second-order valence-electron chi connectivity index (χ2n) is 3.81. The molecule has 0 heterocycles. The lowest BCUT2D eigenvalue weighted by atomic mass is 10.1. The van der Waals surface area contributed by atoms with E-state index in [4.69, 9.17) is 10.00 Å². The summed E-state index contributed by atoms with van der Waals surface area (Å²) in [6.45, 7) is 0. The quantitative estimate of drug-likeness (QED) is 0.759. The average Bonchev–Trinajstić information content (AvgIpc) is 2.46. The van der Waals surface area contributed by atoms with Gasteiger partial charge in [0.1, 0.15) is 5.75 Å². The summed E-state index contributed by atoms with van der Waals surface area (Å²) in [5.74, 6) is 0.849. The molecule has 0 aromatic heterocycles. The van der Waals surface area contributed by atoms with Crippen LogP contribution >= 0.6 is 0 Å². The third-order valence-electron chi connectivity index (χ3n) is 2.63. The molecule has 0 aliphatic rings. The van der Waals surface area contributed by atoms with E-state index in [9.17, 15) is 0 Å². The van der Waals surface area contributed by atoms with Gasteiger partial charge in [0.05, 0.1) is 18.7 Å². The minimum Gasteiger partial charge on any atom is -0.496 e. The monoisotopic (exact) mass is 235 g/mol. The van der Waals surface area contributed by atoms with Crippen molar-refractivity contribution in [1.82, 2.24) is 0 Å². The van der Waals surface area contributed by atoms with Gasteiger partial charge in [0.25, 0.3) is 0 Å². The van der Waals surface area contributed by atoms with E-state index in [2.05, 4.69) is 6.07 Å². The summed E-state index contributed by atoms with van der Waals surface area (Å²) in [6, 6.07) is 17.4. The van der Waals surface area contributed by atoms with E-state index in [1.165, 1.54) is 0 Å². The lowest BCUT2D eigenvalue weighted by Gasteiger charge is -2.03. The van der Waals surface area contributed by atoms with Gasteiger partial charge >= 0.3 is 0 Å². The molecule has 88 valence electrons. The molecule has 0 bridgehead atoms. The summed E-state index contributed by atoms with van der Waals surface area (Å²) in [4.78, 5) is 0. The highest BCUT2D eigenvalue weighted by Gasteiger charge is 1.96. The van der Waals surface area contributed by atoms with E-state index in [1.54, 1.807) is 7.11 Å². The summed E-state index contributed by atoms with van der Waals surface area (Å²) in [6.07, 6.45) is 4.00. The van der Waals surface area contributed by atoms with Crippen molar-refractivity contribution < 1.29 is 4.74 Å². The van der Waals surface area contributed by atoms with Gasteiger partial charge in [-0.15, -0.1) is 0 Å². The molecule has 2 rings (SSSR count). The summed E-state index contributed by atoms with van der Waals surface area (Å²) in [5, 5.41) is 8.72. The maximum atomic E-state index is 8.72. The van der Waals surface area contributed by atoms with Crippen molar-refractivity contribution in [3.63, 3.8) is 0 Å². The first kappa shape index (κ1) is 11.9. The van der Waals surface area contributed by atoms with Crippen molar-refractivity contribution in [2.24, 2.45) is 0 Å². The molecule has 2 nitrogen and oxygen atoms in total. The van der Waals surface area contributed by atoms with E-state index in [0.717, 1.165) is 16.9 Å². The van der Waals surface area contributed by atoms with Gasteiger partial charge < -0.3 is 4.74 Å². The lowest BCUT2D eigenvalue weighted by molar-refractivity contribution is 0.414. The molecule has 0 unspecified atom stereocenters. The van der Waals surface area contributed by atoms with Crippen LogP contribution in [-0.4, -0.2) is 7.11 Å². The fourth-order valence-corrected chi connectivity index (χ4v) is 1.66. The molecule has 0 atom stereocenters. The standard InChI is InChI=1S/C16H13NO/c1-18-16-5-3-2-4-15(16)11-10-13-6-8-14(12-17)9-7-13/h2-11H,1H3. The maximum absolute atomic E-state index is 8.72. The smallest absolute Gasteiger partial charge is 0.126 e. The predicted molar refractivity (Wildman–Crippen MR) is 73.1 cm³/mol. The van der Waals surface area contributed by atoms with Gasteiger partial charge in [-0.05, 0) is 23.8 Å². The molecule has 0 fully saturated rings. The number of para-hydroxylation sites is 1. The number of benzene rings is 2. The number of hydrogen-bond donors (Lipinski definition) is 0. The molecule has 0 radical (unpaired) electrons. The zero-order valence-corrected chi connectivity index (χ0v) is 10.1. The van der Waals surface area contributed by atoms with Crippen LogP contribution in [0.5, 0.6) is 5.75 Å². The van der Waals surface area contributed by atoms with Crippen molar-refractivity contribution in [3.8, 4) is 11.8 Å². The summed E-state index contributed by atoms with van der Waals surface area (Å²) in [5.41, 5.74) is 2.76. The molecule has 0 spiro atoms. The Morgan fingerprint density at radius 2 is 1.72 bits per heavy atom. The van der Waals surface area contributed by atoms with Gasteiger partial charge in [0, 0.05) is 5.56 Å². The van der Waals surface area contributed by atoms with Crippen LogP contribution in [0.25, 0.3) is 12.2 Å².